The van der Waals surface area contributed by atoms with E-state index >= 15 is 0 Å². The Morgan fingerprint density at radius 3 is 2.29 bits per heavy atom. The summed E-state index contributed by atoms with van der Waals surface area (Å²) in [4.78, 5) is 11.6. The third-order valence-corrected chi connectivity index (χ3v) is 3.34. The second-order valence-corrected chi connectivity index (χ2v) is 5.89. The topological polar surface area (TPSA) is 52.3 Å². The van der Waals surface area contributed by atoms with E-state index in [4.69, 9.17) is 10.5 Å². The molecule has 0 spiro atoms. The lowest BCUT2D eigenvalue weighted by atomic mass is 9.76. The Kier molecular flexibility index (Phi) is 7.44. The molecule has 0 fully saturated rings. The van der Waals surface area contributed by atoms with Crippen LogP contribution >= 0.6 is 0 Å². The van der Waals surface area contributed by atoms with Crippen molar-refractivity contribution in [1.29, 1.82) is 0 Å². The van der Waals surface area contributed by atoms with Crippen LogP contribution in [0.2, 0.25) is 0 Å². The maximum atomic E-state index is 11.6. The van der Waals surface area contributed by atoms with Crippen molar-refractivity contribution in [3.8, 4) is 0 Å². The average Bonchev–Trinajstić information content (AvgIpc) is 2.22. The molecule has 2 N–H and O–H groups in total. The maximum Gasteiger partial charge on any atom is 0.306 e. The highest BCUT2D eigenvalue weighted by Crippen LogP contribution is 2.32. The van der Waals surface area contributed by atoms with E-state index in [1.54, 1.807) is 0 Å². The molecular weight excluding hydrogens is 214 g/mol. The molecule has 0 aromatic rings. The number of esters is 1. The zero-order chi connectivity index (χ0) is 13.5. The summed E-state index contributed by atoms with van der Waals surface area (Å²) in [6, 6.07) is 0. The summed E-state index contributed by atoms with van der Waals surface area (Å²) < 4.78 is 5.27. The number of rotatable bonds is 7. The molecule has 3 heteroatoms. The van der Waals surface area contributed by atoms with Crippen molar-refractivity contribution >= 4 is 5.97 Å². The summed E-state index contributed by atoms with van der Waals surface area (Å²) >= 11 is 0. The van der Waals surface area contributed by atoms with Gasteiger partial charge in [0.25, 0.3) is 0 Å². The molecular formula is C14H29NO2. The van der Waals surface area contributed by atoms with Crippen LogP contribution in [0.3, 0.4) is 0 Å². The Morgan fingerprint density at radius 2 is 1.88 bits per heavy atom. The van der Waals surface area contributed by atoms with Crippen LogP contribution in [0, 0.1) is 11.3 Å². The lowest BCUT2D eigenvalue weighted by molar-refractivity contribution is -0.148. The fraction of sp³-hybridized carbons (Fsp3) is 0.929. The van der Waals surface area contributed by atoms with E-state index in [1.165, 1.54) is 0 Å². The van der Waals surface area contributed by atoms with Crippen molar-refractivity contribution in [2.45, 2.75) is 66.4 Å². The minimum absolute atomic E-state index is 0.0325. The Morgan fingerprint density at radius 1 is 1.29 bits per heavy atom. The molecule has 0 rings (SSSR count). The molecule has 0 aliphatic heterocycles. The van der Waals surface area contributed by atoms with Crippen LogP contribution in [-0.4, -0.2) is 18.6 Å². The van der Waals surface area contributed by atoms with Gasteiger partial charge in [-0.1, -0.05) is 27.7 Å². The molecule has 0 bridgehead atoms. The highest BCUT2D eigenvalue weighted by molar-refractivity contribution is 5.69. The van der Waals surface area contributed by atoms with Crippen molar-refractivity contribution in [1.82, 2.24) is 0 Å². The Bertz CT molecular complexity index is 221. The lowest BCUT2D eigenvalue weighted by Crippen LogP contribution is -2.25. The number of carbonyl (C=O) groups is 1. The van der Waals surface area contributed by atoms with Crippen molar-refractivity contribution in [2.75, 3.05) is 6.54 Å². The highest BCUT2D eigenvalue weighted by atomic mass is 16.5. The number of carbonyl (C=O) groups excluding carboxylic acids is 1. The smallest absolute Gasteiger partial charge is 0.306 e. The van der Waals surface area contributed by atoms with Crippen molar-refractivity contribution in [2.24, 2.45) is 17.1 Å². The second-order valence-electron chi connectivity index (χ2n) is 5.89. The van der Waals surface area contributed by atoms with E-state index in [-0.39, 0.29) is 17.5 Å². The van der Waals surface area contributed by atoms with Crippen LogP contribution in [0.5, 0.6) is 0 Å². The monoisotopic (exact) mass is 243 g/mol. The fourth-order valence-corrected chi connectivity index (χ4v) is 1.87. The molecule has 102 valence electrons. The molecule has 0 aliphatic carbocycles. The number of nitrogens with two attached hydrogens (primary N) is 1. The normalized spacial score (nSPS) is 15.4. The minimum Gasteiger partial charge on any atom is -0.463 e. The first-order valence-corrected chi connectivity index (χ1v) is 6.70. The van der Waals surface area contributed by atoms with Gasteiger partial charge in [-0.15, -0.1) is 0 Å². The molecule has 0 saturated carbocycles. The summed E-state index contributed by atoms with van der Waals surface area (Å²) in [7, 11) is 0. The molecule has 0 aromatic heterocycles. The molecule has 2 atom stereocenters. The molecule has 0 saturated heterocycles. The molecule has 0 amide bonds. The zero-order valence-electron chi connectivity index (χ0n) is 12.1. The summed E-state index contributed by atoms with van der Waals surface area (Å²) in [6.45, 7) is 11.2. The van der Waals surface area contributed by atoms with Crippen LogP contribution in [0.1, 0.15) is 60.3 Å². The number of ether oxygens (including phenoxy) is 1. The van der Waals surface area contributed by atoms with Crippen molar-refractivity contribution in [3.63, 3.8) is 0 Å². The predicted molar refractivity (Wildman–Crippen MR) is 71.7 cm³/mol. The quantitative estimate of drug-likeness (QED) is 0.699. The molecule has 17 heavy (non-hydrogen) atoms. The van der Waals surface area contributed by atoms with Gasteiger partial charge in [0.2, 0.25) is 0 Å². The Labute approximate surface area is 106 Å². The Hall–Kier alpha value is -0.570. The Balaban J connectivity index is 4.09. The average molecular weight is 243 g/mol. The van der Waals surface area contributed by atoms with Gasteiger partial charge in [-0.3, -0.25) is 4.79 Å². The maximum absolute atomic E-state index is 11.6. The second kappa shape index (κ2) is 7.70. The third-order valence-electron chi connectivity index (χ3n) is 3.34. The fourth-order valence-electron chi connectivity index (χ4n) is 1.87. The third kappa shape index (κ3) is 7.37. The molecule has 2 unspecified atom stereocenters. The summed E-state index contributed by atoms with van der Waals surface area (Å²) in [5.74, 6) is 0.405. The van der Waals surface area contributed by atoms with E-state index in [2.05, 4.69) is 20.8 Å². The van der Waals surface area contributed by atoms with Crippen molar-refractivity contribution in [3.05, 3.63) is 0 Å². The standard InChI is InChI=1S/C14H29NO2/c1-6-11(2)17-13(16)8-7-12(9-10-15)14(3,4)5/h11-12H,6-10,15H2,1-5H3. The summed E-state index contributed by atoms with van der Waals surface area (Å²) in [6.07, 6.45) is 3.25. The lowest BCUT2D eigenvalue weighted by Gasteiger charge is -2.30. The first-order chi connectivity index (χ1) is 7.81. The SMILES string of the molecule is CCC(C)OC(=O)CCC(CCN)C(C)(C)C. The van der Waals surface area contributed by atoms with Crippen LogP contribution in [-0.2, 0) is 9.53 Å². The molecule has 3 nitrogen and oxygen atoms in total. The van der Waals surface area contributed by atoms with Crippen LogP contribution in [0.4, 0.5) is 0 Å². The first-order valence-electron chi connectivity index (χ1n) is 6.70. The summed E-state index contributed by atoms with van der Waals surface area (Å²) in [5.41, 5.74) is 5.82. The van der Waals surface area contributed by atoms with Gasteiger partial charge >= 0.3 is 5.97 Å². The van der Waals surface area contributed by atoms with Crippen LogP contribution in [0.25, 0.3) is 0 Å². The largest absolute Gasteiger partial charge is 0.463 e. The first kappa shape index (κ1) is 16.4. The zero-order valence-corrected chi connectivity index (χ0v) is 12.1. The van der Waals surface area contributed by atoms with Gasteiger partial charge in [-0.25, -0.2) is 0 Å². The number of hydrogen-bond acceptors (Lipinski definition) is 3. The van der Waals surface area contributed by atoms with Crippen molar-refractivity contribution < 1.29 is 9.53 Å². The van der Waals surface area contributed by atoms with Crippen LogP contribution in [0.15, 0.2) is 0 Å². The molecule has 0 heterocycles. The summed E-state index contributed by atoms with van der Waals surface area (Å²) in [5, 5.41) is 0. The van der Waals surface area contributed by atoms with E-state index in [0.717, 1.165) is 19.3 Å². The molecule has 0 aliphatic rings. The van der Waals surface area contributed by atoms with Gasteiger partial charge in [-0.05, 0) is 44.1 Å². The van der Waals surface area contributed by atoms with Gasteiger partial charge in [0.15, 0.2) is 0 Å². The van der Waals surface area contributed by atoms with E-state index in [9.17, 15) is 4.79 Å². The van der Waals surface area contributed by atoms with Gasteiger partial charge in [0, 0.05) is 6.42 Å². The predicted octanol–water partition coefficient (Wildman–Crippen LogP) is 3.12. The molecule has 0 radical (unpaired) electrons. The highest BCUT2D eigenvalue weighted by Gasteiger charge is 2.24. The molecule has 0 aromatic carbocycles. The van der Waals surface area contributed by atoms with E-state index < -0.39 is 0 Å². The van der Waals surface area contributed by atoms with Gasteiger partial charge in [-0.2, -0.15) is 0 Å². The minimum atomic E-state index is -0.0781. The van der Waals surface area contributed by atoms with Gasteiger partial charge < -0.3 is 10.5 Å². The van der Waals surface area contributed by atoms with E-state index in [1.807, 2.05) is 13.8 Å². The van der Waals surface area contributed by atoms with Crippen LogP contribution < -0.4 is 5.73 Å². The van der Waals surface area contributed by atoms with Gasteiger partial charge in [0.05, 0.1) is 6.10 Å². The van der Waals surface area contributed by atoms with Gasteiger partial charge in [0.1, 0.15) is 0 Å². The number of hydrogen-bond donors (Lipinski definition) is 1. The van der Waals surface area contributed by atoms with E-state index in [0.29, 0.717) is 18.9 Å².